The Kier molecular flexibility index (Phi) is 4.73. The van der Waals surface area contributed by atoms with Gasteiger partial charge in [-0.15, -0.1) is 0 Å². The summed E-state index contributed by atoms with van der Waals surface area (Å²) in [5.41, 5.74) is 1.48. The number of piperazine rings is 1. The Morgan fingerprint density at radius 3 is 2.00 bits per heavy atom. The van der Waals surface area contributed by atoms with Gasteiger partial charge in [0.1, 0.15) is 0 Å². The molecule has 0 unspecified atom stereocenters. The molecule has 0 spiro atoms. The Morgan fingerprint density at radius 2 is 1.41 bits per heavy atom. The molecule has 6 nitrogen and oxygen atoms in total. The lowest BCUT2D eigenvalue weighted by atomic mass is 10.1. The summed E-state index contributed by atoms with van der Waals surface area (Å²) in [6, 6.07) is 9.39. The van der Waals surface area contributed by atoms with Crippen LogP contribution in [0.3, 0.4) is 0 Å². The summed E-state index contributed by atoms with van der Waals surface area (Å²) in [6.45, 7) is 1.34. The van der Waals surface area contributed by atoms with E-state index in [1.54, 1.807) is 34.3 Å². The fourth-order valence-corrected chi connectivity index (χ4v) is 3.35. The van der Waals surface area contributed by atoms with E-state index in [1.807, 2.05) is 0 Å². The Balaban J connectivity index is 1.39. The quantitative estimate of drug-likeness (QED) is 0.716. The topological polar surface area (TPSA) is 69.3 Å². The molecule has 0 radical (unpaired) electrons. The van der Waals surface area contributed by atoms with Crippen molar-refractivity contribution in [2.24, 2.45) is 0 Å². The van der Waals surface area contributed by atoms with Crippen molar-refractivity contribution < 1.29 is 22.8 Å². The summed E-state index contributed by atoms with van der Waals surface area (Å²) < 4.78 is 38.0. The second-order valence-corrected chi connectivity index (χ2v) is 6.79. The maximum absolute atomic E-state index is 12.7. The summed E-state index contributed by atoms with van der Waals surface area (Å²) in [5.74, 6) is -0.479. The highest BCUT2D eigenvalue weighted by Gasteiger charge is 2.31. The summed E-state index contributed by atoms with van der Waals surface area (Å²) >= 11 is 0. The zero-order valence-corrected chi connectivity index (χ0v) is 15.2. The van der Waals surface area contributed by atoms with Gasteiger partial charge in [-0.25, -0.2) is 4.98 Å². The van der Waals surface area contributed by atoms with Crippen molar-refractivity contribution in [2.45, 2.75) is 6.18 Å². The number of hydrogen-bond acceptors (Lipinski definition) is 3. The molecule has 4 rings (SSSR count). The van der Waals surface area contributed by atoms with Gasteiger partial charge in [-0.2, -0.15) is 13.2 Å². The largest absolute Gasteiger partial charge is 0.416 e. The third-order valence-corrected chi connectivity index (χ3v) is 4.98. The summed E-state index contributed by atoms with van der Waals surface area (Å²) in [7, 11) is 0. The molecule has 1 saturated heterocycles. The average Bonchev–Trinajstić information content (AvgIpc) is 3.20. The van der Waals surface area contributed by atoms with Crippen LogP contribution in [0, 0.1) is 0 Å². The summed E-state index contributed by atoms with van der Waals surface area (Å²) in [6.07, 6.45) is -2.88. The van der Waals surface area contributed by atoms with Gasteiger partial charge < -0.3 is 14.8 Å². The van der Waals surface area contributed by atoms with E-state index < -0.39 is 11.7 Å². The van der Waals surface area contributed by atoms with E-state index in [1.165, 1.54) is 12.1 Å². The van der Waals surface area contributed by atoms with Gasteiger partial charge in [0.05, 0.1) is 22.9 Å². The highest BCUT2D eigenvalue weighted by molar-refractivity contribution is 5.98. The zero-order chi connectivity index (χ0) is 20.6. The number of rotatable bonds is 2. The lowest BCUT2D eigenvalue weighted by Gasteiger charge is -2.35. The Bertz CT molecular complexity index is 1050. The normalized spacial score (nSPS) is 15.0. The number of nitrogens with zero attached hydrogens (tertiary/aromatic N) is 3. The number of fused-ring (bicyclic) bond motifs is 1. The van der Waals surface area contributed by atoms with E-state index in [2.05, 4.69) is 9.97 Å². The number of aromatic nitrogens is 2. The van der Waals surface area contributed by atoms with E-state index >= 15 is 0 Å². The molecule has 2 amide bonds. The van der Waals surface area contributed by atoms with Crippen molar-refractivity contribution in [3.8, 4) is 0 Å². The van der Waals surface area contributed by atoms with Gasteiger partial charge >= 0.3 is 6.18 Å². The van der Waals surface area contributed by atoms with Gasteiger partial charge in [0, 0.05) is 37.3 Å². The van der Waals surface area contributed by atoms with Crippen LogP contribution in [0.4, 0.5) is 13.2 Å². The van der Waals surface area contributed by atoms with E-state index in [4.69, 9.17) is 0 Å². The first kappa shape index (κ1) is 19.0. The average molecular weight is 402 g/mol. The number of halogens is 3. The first-order valence-electron chi connectivity index (χ1n) is 9.02. The van der Waals surface area contributed by atoms with E-state index in [-0.39, 0.29) is 17.4 Å². The van der Waals surface area contributed by atoms with Crippen LogP contribution in [-0.4, -0.2) is 57.8 Å². The number of carbonyl (C=O) groups excluding carboxylic acids is 2. The number of aromatic amines is 1. The van der Waals surface area contributed by atoms with Crippen LogP contribution in [0.5, 0.6) is 0 Å². The standard InChI is InChI=1S/C20H17F3N4O2/c21-20(22,23)15-4-1-13(2-5-15)18(28)26-7-9-27(10-8-26)19(29)14-3-6-16-17(11-14)25-12-24-16/h1-6,11-12H,7-10H2,(H,24,25). The molecule has 2 heterocycles. The number of hydrogen-bond donors (Lipinski definition) is 1. The zero-order valence-electron chi connectivity index (χ0n) is 15.2. The van der Waals surface area contributed by atoms with Crippen molar-refractivity contribution in [1.29, 1.82) is 0 Å². The first-order chi connectivity index (χ1) is 13.8. The third kappa shape index (κ3) is 3.80. The molecular weight excluding hydrogens is 385 g/mol. The van der Waals surface area contributed by atoms with Crippen molar-refractivity contribution in [3.05, 3.63) is 65.5 Å². The Hall–Kier alpha value is -3.36. The van der Waals surface area contributed by atoms with Gasteiger partial charge in [-0.05, 0) is 42.5 Å². The number of alkyl halides is 3. The van der Waals surface area contributed by atoms with Crippen LogP contribution in [0.1, 0.15) is 26.3 Å². The molecular formula is C20H17F3N4O2. The number of carbonyl (C=O) groups is 2. The van der Waals surface area contributed by atoms with Crippen LogP contribution in [0.25, 0.3) is 11.0 Å². The van der Waals surface area contributed by atoms with Crippen LogP contribution >= 0.6 is 0 Å². The lowest BCUT2D eigenvalue weighted by Crippen LogP contribution is -2.50. The lowest BCUT2D eigenvalue weighted by molar-refractivity contribution is -0.137. The maximum Gasteiger partial charge on any atom is 0.416 e. The number of H-pyrrole nitrogens is 1. The predicted molar refractivity (Wildman–Crippen MR) is 99.3 cm³/mol. The van der Waals surface area contributed by atoms with Crippen LogP contribution in [0.15, 0.2) is 48.8 Å². The molecule has 1 N–H and O–H groups in total. The fourth-order valence-electron chi connectivity index (χ4n) is 3.35. The van der Waals surface area contributed by atoms with Gasteiger partial charge in [0.2, 0.25) is 0 Å². The highest BCUT2D eigenvalue weighted by Crippen LogP contribution is 2.29. The second-order valence-electron chi connectivity index (χ2n) is 6.79. The van der Waals surface area contributed by atoms with Crippen LogP contribution < -0.4 is 0 Å². The molecule has 3 aromatic rings. The predicted octanol–water partition coefficient (Wildman–Crippen LogP) is 3.18. The first-order valence-corrected chi connectivity index (χ1v) is 9.02. The number of benzene rings is 2. The van der Waals surface area contributed by atoms with Gasteiger partial charge in [-0.1, -0.05) is 0 Å². The molecule has 0 atom stereocenters. The second kappa shape index (κ2) is 7.23. The molecule has 1 aromatic heterocycles. The van der Waals surface area contributed by atoms with Gasteiger partial charge in [0.25, 0.3) is 11.8 Å². The molecule has 0 aliphatic carbocycles. The minimum Gasteiger partial charge on any atom is -0.345 e. The number of amides is 2. The van der Waals surface area contributed by atoms with Crippen molar-refractivity contribution in [1.82, 2.24) is 19.8 Å². The molecule has 2 aromatic carbocycles. The van der Waals surface area contributed by atoms with E-state index in [0.29, 0.717) is 31.7 Å². The van der Waals surface area contributed by atoms with Crippen LogP contribution in [-0.2, 0) is 6.18 Å². The molecule has 1 aliphatic rings. The van der Waals surface area contributed by atoms with E-state index in [9.17, 15) is 22.8 Å². The minimum absolute atomic E-state index is 0.136. The summed E-state index contributed by atoms with van der Waals surface area (Å²) in [4.78, 5) is 35.6. The molecule has 1 fully saturated rings. The molecule has 0 saturated carbocycles. The molecule has 150 valence electrons. The SMILES string of the molecule is O=C(c1ccc(C(F)(F)F)cc1)N1CCN(C(=O)c2ccc3nc[nH]c3c2)CC1. The van der Waals surface area contributed by atoms with Crippen LogP contribution in [0.2, 0.25) is 0 Å². The molecule has 1 aliphatic heterocycles. The highest BCUT2D eigenvalue weighted by atomic mass is 19.4. The monoisotopic (exact) mass is 402 g/mol. The number of nitrogens with one attached hydrogen (secondary N) is 1. The van der Waals surface area contributed by atoms with Crippen molar-refractivity contribution in [2.75, 3.05) is 26.2 Å². The molecule has 29 heavy (non-hydrogen) atoms. The van der Waals surface area contributed by atoms with E-state index in [0.717, 1.165) is 23.2 Å². The minimum atomic E-state index is -4.44. The van der Waals surface area contributed by atoms with Gasteiger partial charge in [-0.3, -0.25) is 9.59 Å². The maximum atomic E-state index is 12.7. The Morgan fingerprint density at radius 1 is 0.862 bits per heavy atom. The third-order valence-electron chi connectivity index (χ3n) is 4.98. The smallest absolute Gasteiger partial charge is 0.345 e. The van der Waals surface area contributed by atoms with Gasteiger partial charge in [0.15, 0.2) is 0 Å². The summed E-state index contributed by atoms with van der Waals surface area (Å²) in [5, 5.41) is 0. The molecule has 0 bridgehead atoms. The Labute approximate surface area is 163 Å². The number of imidazole rings is 1. The van der Waals surface area contributed by atoms with Crippen molar-refractivity contribution >= 4 is 22.8 Å². The molecule has 9 heteroatoms. The fraction of sp³-hybridized carbons (Fsp3) is 0.250. The van der Waals surface area contributed by atoms with Crippen molar-refractivity contribution in [3.63, 3.8) is 0 Å².